The molecule has 1 saturated heterocycles. The standard InChI is InChI=1S/C18H22N2O3/c1-22-12-14-6-4-5-11-20(14)18(21)13-23-17-9-10-19-16-8-3-2-7-15(16)17/h2-3,7-10,14H,4-6,11-13H2,1H3. The van der Waals surface area contributed by atoms with E-state index in [1.807, 2.05) is 29.2 Å². The molecule has 1 aliphatic heterocycles. The summed E-state index contributed by atoms with van der Waals surface area (Å²) in [5, 5.41) is 0.926. The van der Waals surface area contributed by atoms with E-state index in [4.69, 9.17) is 9.47 Å². The van der Waals surface area contributed by atoms with Crippen LogP contribution in [0.1, 0.15) is 19.3 Å². The van der Waals surface area contributed by atoms with Crippen LogP contribution in [-0.4, -0.2) is 48.7 Å². The second-order valence-corrected chi connectivity index (χ2v) is 5.81. The van der Waals surface area contributed by atoms with Crippen molar-refractivity contribution in [1.82, 2.24) is 9.88 Å². The monoisotopic (exact) mass is 314 g/mol. The molecule has 0 spiro atoms. The minimum absolute atomic E-state index is 0.0210. The van der Waals surface area contributed by atoms with Crippen molar-refractivity contribution < 1.29 is 14.3 Å². The number of rotatable bonds is 5. The zero-order chi connectivity index (χ0) is 16.1. The molecule has 0 bridgehead atoms. The molecule has 0 radical (unpaired) electrons. The third-order valence-corrected chi connectivity index (χ3v) is 4.27. The summed E-state index contributed by atoms with van der Waals surface area (Å²) >= 11 is 0. The summed E-state index contributed by atoms with van der Waals surface area (Å²) < 4.78 is 11.0. The van der Waals surface area contributed by atoms with Gasteiger partial charge < -0.3 is 14.4 Å². The van der Waals surface area contributed by atoms with Crippen molar-refractivity contribution in [2.24, 2.45) is 0 Å². The van der Waals surface area contributed by atoms with Crippen LogP contribution >= 0.6 is 0 Å². The summed E-state index contributed by atoms with van der Waals surface area (Å²) in [5.41, 5.74) is 0.868. The number of carbonyl (C=O) groups is 1. The van der Waals surface area contributed by atoms with Crippen molar-refractivity contribution in [3.05, 3.63) is 36.5 Å². The van der Waals surface area contributed by atoms with E-state index >= 15 is 0 Å². The number of hydrogen-bond donors (Lipinski definition) is 0. The lowest BCUT2D eigenvalue weighted by Gasteiger charge is -2.35. The van der Waals surface area contributed by atoms with Gasteiger partial charge >= 0.3 is 0 Å². The normalized spacial score (nSPS) is 18.1. The molecule has 5 nitrogen and oxygen atoms in total. The fourth-order valence-corrected chi connectivity index (χ4v) is 3.11. The molecule has 2 heterocycles. The summed E-state index contributed by atoms with van der Waals surface area (Å²) in [6, 6.07) is 9.74. The van der Waals surface area contributed by atoms with Crippen LogP contribution in [0.15, 0.2) is 36.5 Å². The van der Waals surface area contributed by atoms with E-state index < -0.39 is 0 Å². The molecule has 0 saturated carbocycles. The Kier molecular flexibility index (Phi) is 5.08. The van der Waals surface area contributed by atoms with Crippen molar-refractivity contribution in [1.29, 1.82) is 0 Å². The number of amides is 1. The Morgan fingerprint density at radius 1 is 1.30 bits per heavy atom. The highest BCUT2D eigenvalue weighted by Gasteiger charge is 2.26. The summed E-state index contributed by atoms with van der Waals surface area (Å²) in [6.45, 7) is 1.42. The number of hydrogen-bond acceptors (Lipinski definition) is 4. The van der Waals surface area contributed by atoms with Crippen LogP contribution in [0.25, 0.3) is 10.9 Å². The Hall–Kier alpha value is -2.14. The van der Waals surface area contributed by atoms with Crippen LogP contribution in [0.3, 0.4) is 0 Å². The Balaban J connectivity index is 1.68. The minimum Gasteiger partial charge on any atom is -0.483 e. The van der Waals surface area contributed by atoms with Crippen molar-refractivity contribution in [2.45, 2.75) is 25.3 Å². The van der Waals surface area contributed by atoms with E-state index in [9.17, 15) is 4.79 Å². The van der Waals surface area contributed by atoms with Gasteiger partial charge in [-0.1, -0.05) is 12.1 Å². The maximum Gasteiger partial charge on any atom is 0.260 e. The molecule has 1 aromatic heterocycles. The molecular formula is C18H22N2O3. The number of nitrogens with zero attached hydrogens (tertiary/aromatic N) is 2. The maximum absolute atomic E-state index is 12.5. The van der Waals surface area contributed by atoms with Crippen molar-refractivity contribution in [3.63, 3.8) is 0 Å². The van der Waals surface area contributed by atoms with Gasteiger partial charge in [0, 0.05) is 25.2 Å². The predicted molar refractivity (Wildman–Crippen MR) is 88.5 cm³/mol. The minimum atomic E-state index is 0.0210. The van der Waals surface area contributed by atoms with Gasteiger partial charge in [0.1, 0.15) is 5.75 Å². The molecule has 1 fully saturated rings. The van der Waals surface area contributed by atoms with E-state index in [0.29, 0.717) is 12.4 Å². The summed E-state index contributed by atoms with van der Waals surface area (Å²) in [7, 11) is 1.68. The zero-order valence-electron chi connectivity index (χ0n) is 13.4. The molecule has 23 heavy (non-hydrogen) atoms. The molecule has 3 rings (SSSR count). The smallest absolute Gasteiger partial charge is 0.260 e. The van der Waals surface area contributed by atoms with Crippen molar-refractivity contribution >= 4 is 16.8 Å². The fourth-order valence-electron chi connectivity index (χ4n) is 3.11. The molecule has 1 unspecified atom stereocenters. The number of fused-ring (bicyclic) bond motifs is 1. The highest BCUT2D eigenvalue weighted by molar-refractivity contribution is 5.85. The Labute approximate surface area is 136 Å². The third-order valence-electron chi connectivity index (χ3n) is 4.27. The van der Waals surface area contributed by atoms with E-state index in [1.165, 1.54) is 0 Å². The number of carbonyl (C=O) groups excluding carboxylic acids is 1. The van der Waals surface area contributed by atoms with E-state index in [0.717, 1.165) is 36.7 Å². The van der Waals surface area contributed by atoms with Gasteiger partial charge in [0.15, 0.2) is 6.61 Å². The van der Waals surface area contributed by atoms with Gasteiger partial charge in [-0.15, -0.1) is 0 Å². The molecule has 1 aliphatic rings. The SMILES string of the molecule is COCC1CCCCN1C(=O)COc1ccnc2ccccc12. The molecular weight excluding hydrogens is 292 g/mol. The number of ether oxygens (including phenoxy) is 2. The lowest BCUT2D eigenvalue weighted by molar-refractivity contribution is -0.138. The molecule has 0 aliphatic carbocycles. The quantitative estimate of drug-likeness (QED) is 0.851. The summed E-state index contributed by atoms with van der Waals surface area (Å²) in [6.07, 6.45) is 4.90. The second-order valence-electron chi connectivity index (χ2n) is 5.81. The molecule has 1 atom stereocenters. The average molecular weight is 314 g/mol. The summed E-state index contributed by atoms with van der Waals surface area (Å²) in [4.78, 5) is 18.7. The number of piperidine rings is 1. The van der Waals surface area contributed by atoms with Crippen LogP contribution in [0.5, 0.6) is 5.75 Å². The highest BCUT2D eigenvalue weighted by Crippen LogP contribution is 2.24. The Bertz CT molecular complexity index is 667. The lowest BCUT2D eigenvalue weighted by atomic mass is 10.0. The van der Waals surface area contributed by atoms with E-state index in [-0.39, 0.29) is 18.6 Å². The third kappa shape index (κ3) is 3.62. The molecule has 2 aromatic rings. The van der Waals surface area contributed by atoms with Gasteiger partial charge in [-0.2, -0.15) is 0 Å². The van der Waals surface area contributed by atoms with Crippen LogP contribution in [0, 0.1) is 0 Å². The van der Waals surface area contributed by atoms with Crippen molar-refractivity contribution in [3.8, 4) is 5.75 Å². The first-order valence-electron chi connectivity index (χ1n) is 8.04. The first kappa shape index (κ1) is 15.7. The van der Waals surface area contributed by atoms with Crippen LogP contribution in [0.4, 0.5) is 0 Å². The van der Waals surface area contributed by atoms with E-state index in [2.05, 4.69) is 4.98 Å². The fraction of sp³-hybridized carbons (Fsp3) is 0.444. The first-order valence-corrected chi connectivity index (χ1v) is 8.04. The number of benzene rings is 1. The molecule has 1 aromatic carbocycles. The molecule has 1 amide bonds. The molecule has 0 N–H and O–H groups in total. The summed E-state index contributed by atoms with van der Waals surface area (Å²) in [5.74, 6) is 0.719. The first-order chi connectivity index (χ1) is 11.3. The van der Waals surface area contributed by atoms with Gasteiger partial charge in [-0.3, -0.25) is 9.78 Å². The van der Waals surface area contributed by atoms with Gasteiger partial charge in [-0.25, -0.2) is 0 Å². The zero-order valence-corrected chi connectivity index (χ0v) is 13.4. The van der Waals surface area contributed by atoms with Crippen LogP contribution < -0.4 is 4.74 Å². The second kappa shape index (κ2) is 7.42. The van der Waals surface area contributed by atoms with Gasteiger partial charge in [0.25, 0.3) is 5.91 Å². The molecule has 122 valence electrons. The average Bonchev–Trinajstić information content (AvgIpc) is 2.60. The number of aromatic nitrogens is 1. The van der Waals surface area contributed by atoms with Crippen LogP contribution in [0.2, 0.25) is 0 Å². The highest BCUT2D eigenvalue weighted by atomic mass is 16.5. The number of para-hydroxylation sites is 1. The lowest BCUT2D eigenvalue weighted by Crippen LogP contribution is -2.47. The molecule has 5 heteroatoms. The largest absolute Gasteiger partial charge is 0.483 e. The predicted octanol–water partition coefficient (Wildman–Crippen LogP) is 2.64. The number of pyridine rings is 1. The Morgan fingerprint density at radius 3 is 3.04 bits per heavy atom. The van der Waals surface area contributed by atoms with Crippen LogP contribution in [-0.2, 0) is 9.53 Å². The van der Waals surface area contributed by atoms with Gasteiger partial charge in [-0.05, 0) is 37.5 Å². The maximum atomic E-state index is 12.5. The number of likely N-dealkylation sites (tertiary alicyclic amines) is 1. The van der Waals surface area contributed by atoms with Gasteiger partial charge in [0.05, 0.1) is 18.2 Å². The van der Waals surface area contributed by atoms with E-state index in [1.54, 1.807) is 19.4 Å². The Morgan fingerprint density at radius 2 is 2.17 bits per heavy atom. The topological polar surface area (TPSA) is 51.7 Å². The number of methoxy groups -OCH3 is 1. The van der Waals surface area contributed by atoms with Crippen molar-refractivity contribution in [2.75, 3.05) is 26.9 Å². The van der Waals surface area contributed by atoms with Gasteiger partial charge in [0.2, 0.25) is 0 Å².